The van der Waals surface area contributed by atoms with E-state index in [2.05, 4.69) is 10.3 Å². The lowest BCUT2D eigenvalue weighted by Crippen LogP contribution is -2.43. The summed E-state index contributed by atoms with van der Waals surface area (Å²) in [6.45, 7) is 0.981. The SMILES string of the molecule is CC(=O)[C@@H](Cc1ccccc1)NC(=O)COC(=O)c1ccc[nH]1. The topological polar surface area (TPSA) is 88.3 Å². The summed E-state index contributed by atoms with van der Waals surface area (Å²) in [6, 6.07) is 11.9. The van der Waals surface area contributed by atoms with Gasteiger partial charge in [0.2, 0.25) is 0 Å². The second kappa shape index (κ2) is 7.93. The van der Waals surface area contributed by atoms with Crippen LogP contribution < -0.4 is 5.32 Å². The average molecular weight is 314 g/mol. The molecule has 1 aromatic carbocycles. The zero-order chi connectivity index (χ0) is 16.7. The number of amides is 1. The fraction of sp³-hybridized carbons (Fsp3) is 0.235. The molecule has 0 fully saturated rings. The van der Waals surface area contributed by atoms with E-state index in [9.17, 15) is 14.4 Å². The molecule has 0 aliphatic carbocycles. The highest BCUT2D eigenvalue weighted by molar-refractivity contribution is 5.91. The molecule has 1 atom stereocenters. The summed E-state index contributed by atoms with van der Waals surface area (Å²) >= 11 is 0. The zero-order valence-electron chi connectivity index (χ0n) is 12.7. The van der Waals surface area contributed by atoms with Crippen LogP contribution in [0.4, 0.5) is 0 Å². The van der Waals surface area contributed by atoms with Crippen LogP contribution in [0.1, 0.15) is 23.0 Å². The molecule has 0 spiro atoms. The molecular weight excluding hydrogens is 296 g/mol. The Bertz CT molecular complexity index is 665. The number of ether oxygens (including phenoxy) is 1. The van der Waals surface area contributed by atoms with Gasteiger partial charge in [-0.2, -0.15) is 0 Å². The molecule has 6 heteroatoms. The van der Waals surface area contributed by atoms with Crippen LogP contribution >= 0.6 is 0 Å². The molecule has 0 aliphatic rings. The van der Waals surface area contributed by atoms with Crippen LogP contribution in [-0.4, -0.2) is 35.3 Å². The summed E-state index contributed by atoms with van der Waals surface area (Å²) in [5.74, 6) is -1.29. The number of benzene rings is 1. The second-order valence-corrected chi connectivity index (χ2v) is 5.08. The maximum absolute atomic E-state index is 11.9. The number of carbonyl (C=O) groups is 3. The minimum atomic E-state index is -0.644. The predicted octanol–water partition coefficient (Wildman–Crippen LogP) is 1.49. The summed E-state index contributed by atoms with van der Waals surface area (Å²) in [5, 5.41) is 2.59. The highest BCUT2D eigenvalue weighted by atomic mass is 16.5. The Balaban J connectivity index is 1.86. The third-order valence-electron chi connectivity index (χ3n) is 3.26. The summed E-state index contributed by atoms with van der Waals surface area (Å²) in [6.07, 6.45) is 1.98. The van der Waals surface area contributed by atoms with Crippen LogP contribution in [0.25, 0.3) is 0 Å². The van der Waals surface area contributed by atoms with E-state index in [0.717, 1.165) is 5.56 Å². The zero-order valence-corrected chi connectivity index (χ0v) is 12.7. The quantitative estimate of drug-likeness (QED) is 0.758. The van der Waals surface area contributed by atoms with Gasteiger partial charge >= 0.3 is 5.97 Å². The first-order valence-electron chi connectivity index (χ1n) is 7.20. The predicted molar refractivity (Wildman–Crippen MR) is 83.8 cm³/mol. The second-order valence-electron chi connectivity index (χ2n) is 5.08. The van der Waals surface area contributed by atoms with Crippen LogP contribution in [0.15, 0.2) is 48.7 Å². The number of hydrogen-bond acceptors (Lipinski definition) is 4. The van der Waals surface area contributed by atoms with Crippen LogP contribution in [0.2, 0.25) is 0 Å². The first kappa shape index (κ1) is 16.5. The number of nitrogens with one attached hydrogen (secondary N) is 2. The van der Waals surface area contributed by atoms with Crippen molar-refractivity contribution in [3.63, 3.8) is 0 Å². The number of hydrogen-bond donors (Lipinski definition) is 2. The molecule has 2 rings (SSSR count). The van der Waals surface area contributed by atoms with E-state index >= 15 is 0 Å². The van der Waals surface area contributed by atoms with Gasteiger partial charge in [0, 0.05) is 6.20 Å². The molecule has 0 bridgehead atoms. The standard InChI is InChI=1S/C17H18N2O4/c1-12(20)15(10-13-6-3-2-4-7-13)19-16(21)11-23-17(22)14-8-5-9-18-14/h2-9,15,18H,10-11H2,1H3,(H,19,21)/t15-/m1/s1. The van der Waals surface area contributed by atoms with Gasteiger partial charge in [0.15, 0.2) is 12.4 Å². The molecule has 0 unspecified atom stereocenters. The third kappa shape index (κ3) is 5.10. The van der Waals surface area contributed by atoms with Crippen molar-refractivity contribution in [1.82, 2.24) is 10.3 Å². The van der Waals surface area contributed by atoms with Gasteiger partial charge in [-0.25, -0.2) is 4.79 Å². The number of Topliss-reactive ketones (excluding diaryl/α,β-unsaturated/α-hetero) is 1. The molecule has 23 heavy (non-hydrogen) atoms. The number of ketones is 1. The molecule has 120 valence electrons. The van der Waals surface area contributed by atoms with E-state index in [1.54, 1.807) is 18.3 Å². The van der Waals surface area contributed by atoms with Gasteiger partial charge in [0.05, 0.1) is 6.04 Å². The molecule has 6 nitrogen and oxygen atoms in total. The van der Waals surface area contributed by atoms with Crippen LogP contribution in [0.3, 0.4) is 0 Å². The molecule has 1 aromatic heterocycles. The number of esters is 1. The van der Waals surface area contributed by atoms with E-state index in [1.165, 1.54) is 6.92 Å². The van der Waals surface area contributed by atoms with Crippen molar-refractivity contribution in [2.75, 3.05) is 6.61 Å². The molecule has 1 heterocycles. The molecule has 1 amide bonds. The molecule has 0 saturated carbocycles. The Labute approximate surface area is 133 Å². The lowest BCUT2D eigenvalue weighted by Gasteiger charge is -2.16. The Morgan fingerprint density at radius 3 is 2.48 bits per heavy atom. The molecule has 2 aromatic rings. The van der Waals surface area contributed by atoms with E-state index in [0.29, 0.717) is 6.42 Å². The normalized spacial score (nSPS) is 11.5. The van der Waals surface area contributed by atoms with E-state index in [1.807, 2.05) is 30.3 Å². The fourth-order valence-electron chi connectivity index (χ4n) is 2.05. The molecule has 0 aliphatic heterocycles. The fourth-order valence-corrected chi connectivity index (χ4v) is 2.05. The molecule has 0 saturated heterocycles. The average Bonchev–Trinajstić information content (AvgIpc) is 3.07. The van der Waals surface area contributed by atoms with Gasteiger partial charge in [0.25, 0.3) is 5.91 Å². The number of H-pyrrole nitrogens is 1. The Morgan fingerprint density at radius 2 is 1.87 bits per heavy atom. The van der Waals surface area contributed by atoms with Crippen molar-refractivity contribution in [3.8, 4) is 0 Å². The van der Waals surface area contributed by atoms with E-state index < -0.39 is 24.5 Å². The highest BCUT2D eigenvalue weighted by Crippen LogP contribution is 2.04. The summed E-state index contributed by atoms with van der Waals surface area (Å²) in [5.41, 5.74) is 1.21. The van der Waals surface area contributed by atoms with Crippen molar-refractivity contribution in [3.05, 3.63) is 59.9 Å². The van der Waals surface area contributed by atoms with Gasteiger partial charge in [-0.3, -0.25) is 9.59 Å². The summed E-state index contributed by atoms with van der Waals surface area (Å²) < 4.78 is 4.89. The van der Waals surface area contributed by atoms with Crippen LogP contribution in [0, 0.1) is 0 Å². The van der Waals surface area contributed by atoms with Gasteiger partial charge in [-0.15, -0.1) is 0 Å². The minimum Gasteiger partial charge on any atom is -0.451 e. The van der Waals surface area contributed by atoms with Crippen molar-refractivity contribution < 1.29 is 19.1 Å². The summed E-state index contributed by atoms with van der Waals surface area (Å²) in [7, 11) is 0. The van der Waals surface area contributed by atoms with E-state index in [-0.39, 0.29) is 11.5 Å². The van der Waals surface area contributed by atoms with E-state index in [4.69, 9.17) is 4.74 Å². The number of rotatable bonds is 7. The van der Waals surface area contributed by atoms with Gasteiger partial charge in [-0.05, 0) is 31.0 Å². The smallest absolute Gasteiger partial charge is 0.355 e. The van der Waals surface area contributed by atoms with Crippen LogP contribution in [0.5, 0.6) is 0 Å². The lowest BCUT2D eigenvalue weighted by molar-refractivity contribution is -0.128. The van der Waals surface area contributed by atoms with Gasteiger partial charge < -0.3 is 15.0 Å². The van der Waals surface area contributed by atoms with Gasteiger partial charge in [0.1, 0.15) is 5.69 Å². The number of aromatic amines is 1. The van der Waals surface area contributed by atoms with Crippen molar-refractivity contribution in [1.29, 1.82) is 0 Å². The number of aromatic nitrogens is 1. The summed E-state index contributed by atoms with van der Waals surface area (Å²) in [4.78, 5) is 37.9. The number of carbonyl (C=O) groups excluding carboxylic acids is 3. The maximum Gasteiger partial charge on any atom is 0.355 e. The molecule has 2 N–H and O–H groups in total. The monoisotopic (exact) mass is 314 g/mol. The molecular formula is C17H18N2O4. The first-order chi connectivity index (χ1) is 11.1. The van der Waals surface area contributed by atoms with Crippen molar-refractivity contribution in [2.45, 2.75) is 19.4 Å². The maximum atomic E-state index is 11.9. The molecule has 0 radical (unpaired) electrons. The Hall–Kier alpha value is -2.89. The van der Waals surface area contributed by atoms with Crippen molar-refractivity contribution in [2.24, 2.45) is 0 Å². The van der Waals surface area contributed by atoms with Crippen molar-refractivity contribution >= 4 is 17.7 Å². The Kier molecular flexibility index (Phi) is 5.68. The first-order valence-corrected chi connectivity index (χ1v) is 7.20. The van der Waals surface area contributed by atoms with Crippen LogP contribution in [-0.2, 0) is 20.7 Å². The third-order valence-corrected chi connectivity index (χ3v) is 3.26. The van der Waals surface area contributed by atoms with Gasteiger partial charge in [-0.1, -0.05) is 30.3 Å². The minimum absolute atomic E-state index is 0.155. The highest BCUT2D eigenvalue weighted by Gasteiger charge is 2.19. The Morgan fingerprint density at radius 1 is 1.13 bits per heavy atom. The largest absolute Gasteiger partial charge is 0.451 e. The lowest BCUT2D eigenvalue weighted by atomic mass is 10.0.